The van der Waals surface area contributed by atoms with Gasteiger partial charge in [-0.2, -0.15) is 5.26 Å². The van der Waals surface area contributed by atoms with Crippen molar-refractivity contribution in [3.05, 3.63) is 30.1 Å². The molecule has 94 valence electrons. The average Bonchev–Trinajstić information content (AvgIpc) is 2.36. The second-order valence-electron chi connectivity index (χ2n) is 5.07. The molecule has 1 amide bonds. The van der Waals surface area contributed by atoms with Gasteiger partial charge in [-0.1, -0.05) is 13.0 Å². The van der Waals surface area contributed by atoms with Crippen LogP contribution in [-0.4, -0.2) is 17.4 Å². The van der Waals surface area contributed by atoms with Crippen LogP contribution in [-0.2, 0) is 11.2 Å². The average molecular weight is 243 g/mol. The standard InChI is InChI=1S/C14H17N3O/c1-11-7-14(8-11,10-15)13(18)17-6-4-12-3-2-5-16-9-12/h2-3,5,9,11H,4,6-8H2,1H3,(H,17,18). The van der Waals surface area contributed by atoms with Crippen LogP contribution in [0.15, 0.2) is 24.5 Å². The monoisotopic (exact) mass is 243 g/mol. The van der Waals surface area contributed by atoms with Gasteiger partial charge in [0.25, 0.3) is 0 Å². The summed E-state index contributed by atoms with van der Waals surface area (Å²) in [6.45, 7) is 2.63. The molecule has 1 fully saturated rings. The molecule has 0 atom stereocenters. The topological polar surface area (TPSA) is 65.8 Å². The van der Waals surface area contributed by atoms with Crippen LogP contribution in [0.5, 0.6) is 0 Å². The molecule has 1 aliphatic carbocycles. The molecule has 0 aromatic carbocycles. The van der Waals surface area contributed by atoms with E-state index in [0.717, 1.165) is 12.0 Å². The maximum Gasteiger partial charge on any atom is 0.240 e. The maximum atomic E-state index is 12.0. The Morgan fingerprint density at radius 3 is 3.00 bits per heavy atom. The molecular weight excluding hydrogens is 226 g/mol. The lowest BCUT2D eigenvalue weighted by Gasteiger charge is -2.39. The Kier molecular flexibility index (Phi) is 3.61. The van der Waals surface area contributed by atoms with Crippen molar-refractivity contribution in [2.24, 2.45) is 11.3 Å². The first kappa shape index (κ1) is 12.6. The number of nitrogens with one attached hydrogen (secondary N) is 1. The van der Waals surface area contributed by atoms with Crippen LogP contribution in [0, 0.1) is 22.7 Å². The van der Waals surface area contributed by atoms with Crippen LogP contribution in [0.25, 0.3) is 0 Å². The van der Waals surface area contributed by atoms with E-state index in [9.17, 15) is 4.79 Å². The molecule has 0 spiro atoms. The van der Waals surface area contributed by atoms with Gasteiger partial charge in [-0.25, -0.2) is 0 Å². The maximum absolute atomic E-state index is 12.0. The number of nitriles is 1. The second-order valence-corrected chi connectivity index (χ2v) is 5.07. The van der Waals surface area contributed by atoms with Gasteiger partial charge in [0.15, 0.2) is 0 Å². The highest BCUT2D eigenvalue weighted by molar-refractivity contribution is 5.86. The summed E-state index contributed by atoms with van der Waals surface area (Å²) >= 11 is 0. The zero-order valence-corrected chi connectivity index (χ0v) is 10.5. The molecule has 1 aromatic heterocycles. The lowest BCUT2D eigenvalue weighted by Crippen LogP contribution is -2.48. The van der Waals surface area contributed by atoms with Crippen LogP contribution in [0.1, 0.15) is 25.3 Å². The van der Waals surface area contributed by atoms with Crippen LogP contribution in [0.3, 0.4) is 0 Å². The van der Waals surface area contributed by atoms with E-state index < -0.39 is 5.41 Å². The first-order valence-electron chi connectivity index (χ1n) is 6.25. The van der Waals surface area contributed by atoms with Gasteiger partial charge in [0.05, 0.1) is 6.07 Å². The van der Waals surface area contributed by atoms with Gasteiger partial charge in [-0.05, 0) is 36.8 Å². The number of rotatable bonds is 4. The number of nitrogens with zero attached hydrogens (tertiary/aromatic N) is 2. The zero-order valence-electron chi connectivity index (χ0n) is 10.5. The lowest BCUT2D eigenvalue weighted by atomic mass is 9.63. The van der Waals surface area contributed by atoms with E-state index in [1.165, 1.54) is 0 Å². The summed E-state index contributed by atoms with van der Waals surface area (Å²) < 4.78 is 0. The Hall–Kier alpha value is -1.89. The molecule has 18 heavy (non-hydrogen) atoms. The number of aromatic nitrogens is 1. The fraction of sp³-hybridized carbons (Fsp3) is 0.500. The fourth-order valence-corrected chi connectivity index (χ4v) is 2.49. The Labute approximate surface area is 107 Å². The summed E-state index contributed by atoms with van der Waals surface area (Å²) in [6.07, 6.45) is 5.63. The molecule has 1 aliphatic rings. The predicted molar refractivity (Wildman–Crippen MR) is 67.4 cm³/mol. The molecule has 0 aliphatic heterocycles. The summed E-state index contributed by atoms with van der Waals surface area (Å²) in [5, 5.41) is 12.0. The predicted octanol–water partition coefficient (Wildman–Crippen LogP) is 1.68. The Balaban J connectivity index is 1.81. The Morgan fingerprint density at radius 2 is 2.44 bits per heavy atom. The van der Waals surface area contributed by atoms with E-state index in [-0.39, 0.29) is 5.91 Å². The SMILES string of the molecule is CC1CC(C#N)(C(=O)NCCc2cccnc2)C1. The van der Waals surface area contributed by atoms with E-state index in [1.807, 2.05) is 12.1 Å². The molecule has 0 bridgehead atoms. The van der Waals surface area contributed by atoms with Gasteiger partial charge in [-0.15, -0.1) is 0 Å². The zero-order chi connectivity index (χ0) is 13.0. The van der Waals surface area contributed by atoms with Gasteiger partial charge in [-0.3, -0.25) is 9.78 Å². The molecule has 0 radical (unpaired) electrons. The molecule has 0 unspecified atom stereocenters. The van der Waals surface area contributed by atoms with Crippen molar-refractivity contribution in [2.45, 2.75) is 26.2 Å². The molecule has 4 nitrogen and oxygen atoms in total. The molecule has 2 rings (SSSR count). The first-order valence-corrected chi connectivity index (χ1v) is 6.25. The van der Waals surface area contributed by atoms with Crippen molar-refractivity contribution in [3.63, 3.8) is 0 Å². The smallest absolute Gasteiger partial charge is 0.240 e. The van der Waals surface area contributed by atoms with Crippen molar-refractivity contribution >= 4 is 5.91 Å². The third-order valence-corrected chi connectivity index (χ3v) is 3.46. The molecule has 1 saturated carbocycles. The highest BCUT2D eigenvalue weighted by Gasteiger charge is 2.48. The van der Waals surface area contributed by atoms with Gasteiger partial charge in [0, 0.05) is 18.9 Å². The number of pyridine rings is 1. The highest BCUT2D eigenvalue weighted by Crippen LogP contribution is 2.44. The minimum Gasteiger partial charge on any atom is -0.354 e. The molecule has 0 saturated heterocycles. The molecular formula is C14H17N3O. The van der Waals surface area contributed by atoms with E-state index in [4.69, 9.17) is 5.26 Å². The number of carbonyl (C=O) groups excluding carboxylic acids is 1. The molecule has 1 aromatic rings. The van der Waals surface area contributed by atoms with Crippen LogP contribution in [0.4, 0.5) is 0 Å². The third-order valence-electron chi connectivity index (χ3n) is 3.46. The molecule has 4 heteroatoms. The van der Waals surface area contributed by atoms with Gasteiger partial charge in [0.1, 0.15) is 5.41 Å². The second kappa shape index (κ2) is 5.18. The summed E-state index contributed by atoms with van der Waals surface area (Å²) in [4.78, 5) is 16.0. The quantitative estimate of drug-likeness (QED) is 0.875. The summed E-state index contributed by atoms with van der Waals surface area (Å²) in [5.41, 5.74) is 0.319. The fourth-order valence-electron chi connectivity index (χ4n) is 2.49. The van der Waals surface area contributed by atoms with Gasteiger partial charge >= 0.3 is 0 Å². The van der Waals surface area contributed by atoms with Crippen molar-refractivity contribution in [1.29, 1.82) is 5.26 Å². The van der Waals surface area contributed by atoms with Crippen molar-refractivity contribution in [1.82, 2.24) is 10.3 Å². The number of amides is 1. The van der Waals surface area contributed by atoms with Crippen molar-refractivity contribution in [2.75, 3.05) is 6.54 Å². The van der Waals surface area contributed by atoms with Crippen molar-refractivity contribution < 1.29 is 4.79 Å². The summed E-state index contributed by atoms with van der Waals surface area (Å²) in [5.74, 6) is 0.362. The van der Waals surface area contributed by atoms with Crippen LogP contribution in [0.2, 0.25) is 0 Å². The van der Waals surface area contributed by atoms with Gasteiger partial charge in [0.2, 0.25) is 5.91 Å². The Morgan fingerprint density at radius 1 is 1.67 bits per heavy atom. The minimum atomic E-state index is -0.769. The number of hydrogen-bond acceptors (Lipinski definition) is 3. The molecule has 1 N–H and O–H groups in total. The first-order chi connectivity index (χ1) is 8.66. The summed E-state index contributed by atoms with van der Waals surface area (Å²) in [6, 6.07) is 6.02. The Bertz CT molecular complexity index is 458. The summed E-state index contributed by atoms with van der Waals surface area (Å²) in [7, 11) is 0. The van der Waals surface area contributed by atoms with E-state index in [0.29, 0.717) is 25.3 Å². The molecule has 1 heterocycles. The van der Waals surface area contributed by atoms with E-state index in [1.54, 1.807) is 12.4 Å². The van der Waals surface area contributed by atoms with Crippen molar-refractivity contribution in [3.8, 4) is 6.07 Å². The lowest BCUT2D eigenvalue weighted by molar-refractivity contribution is -0.133. The van der Waals surface area contributed by atoms with Crippen LogP contribution >= 0.6 is 0 Å². The van der Waals surface area contributed by atoms with E-state index in [2.05, 4.69) is 23.3 Å². The normalized spacial score (nSPS) is 25.9. The minimum absolute atomic E-state index is 0.119. The number of carbonyl (C=O) groups is 1. The number of hydrogen-bond donors (Lipinski definition) is 1. The van der Waals surface area contributed by atoms with Gasteiger partial charge < -0.3 is 5.32 Å². The van der Waals surface area contributed by atoms with Crippen LogP contribution < -0.4 is 5.32 Å². The highest BCUT2D eigenvalue weighted by atomic mass is 16.2. The largest absolute Gasteiger partial charge is 0.354 e. The van der Waals surface area contributed by atoms with E-state index >= 15 is 0 Å². The third kappa shape index (κ3) is 2.51.